The van der Waals surface area contributed by atoms with Crippen molar-refractivity contribution in [2.24, 2.45) is 0 Å². The normalized spacial score (nSPS) is 16.0. The monoisotopic (exact) mass is 289 g/mol. The summed E-state index contributed by atoms with van der Waals surface area (Å²) < 4.78 is 6.75. The molecule has 0 bridgehead atoms. The number of carbonyl (C=O) groups is 1. The number of nitrogens with one attached hydrogen (secondary N) is 2. The first-order valence-corrected chi connectivity index (χ1v) is 7.25. The molecule has 2 N–H and O–H groups in total. The molecule has 0 spiro atoms. The summed E-state index contributed by atoms with van der Waals surface area (Å²) in [4.78, 5) is 16.2. The molecule has 1 aliphatic rings. The summed E-state index contributed by atoms with van der Waals surface area (Å²) in [6.07, 6.45) is 5.95. The van der Waals surface area contributed by atoms with Gasteiger partial charge in [0, 0.05) is 25.2 Å². The molecule has 0 radical (unpaired) electrons. The van der Waals surface area contributed by atoms with Crippen LogP contribution in [-0.2, 0) is 6.42 Å². The van der Waals surface area contributed by atoms with Crippen LogP contribution in [0.15, 0.2) is 29.2 Å². The van der Waals surface area contributed by atoms with E-state index in [0.29, 0.717) is 24.8 Å². The van der Waals surface area contributed by atoms with E-state index in [4.69, 9.17) is 0 Å². The Balaban J connectivity index is 1.58. The van der Waals surface area contributed by atoms with E-state index in [1.54, 1.807) is 0 Å². The highest BCUT2D eigenvalue weighted by molar-refractivity contribution is 5.92. The molecule has 0 aliphatic carbocycles. The van der Waals surface area contributed by atoms with Crippen molar-refractivity contribution in [1.29, 1.82) is 0 Å². The van der Waals surface area contributed by atoms with E-state index in [9.17, 15) is 4.79 Å². The van der Waals surface area contributed by atoms with Gasteiger partial charge in [-0.05, 0) is 38.1 Å². The van der Waals surface area contributed by atoms with Gasteiger partial charge in [-0.2, -0.15) is 4.98 Å². The molecule has 3 rings (SSSR count). The molecule has 1 saturated heterocycles. The number of carbonyl (C=O) groups excluding carboxylic acids is 1. The predicted octanol–water partition coefficient (Wildman–Crippen LogP) is 0.768. The smallest absolute Gasteiger partial charge is 0.267 e. The Bertz CT molecular complexity index is 572. The van der Waals surface area contributed by atoms with Crippen molar-refractivity contribution < 1.29 is 9.32 Å². The lowest BCUT2D eigenvalue weighted by molar-refractivity contribution is 0.0941. The van der Waals surface area contributed by atoms with Crippen LogP contribution >= 0.6 is 0 Å². The summed E-state index contributed by atoms with van der Waals surface area (Å²) in [5, 5.41) is 9.96. The molecular weight excluding hydrogens is 270 g/mol. The number of amides is 1. The van der Waals surface area contributed by atoms with Crippen molar-refractivity contribution in [3.63, 3.8) is 0 Å². The van der Waals surface area contributed by atoms with Gasteiger partial charge in [0.25, 0.3) is 5.91 Å². The Kier molecular flexibility index (Phi) is 4.30. The Hall–Kier alpha value is -2.15. The van der Waals surface area contributed by atoms with Gasteiger partial charge in [-0.3, -0.25) is 4.79 Å². The Morgan fingerprint density at radius 1 is 1.48 bits per heavy atom. The van der Waals surface area contributed by atoms with Crippen LogP contribution in [0.3, 0.4) is 0 Å². The van der Waals surface area contributed by atoms with E-state index >= 15 is 0 Å². The van der Waals surface area contributed by atoms with Crippen molar-refractivity contribution >= 4 is 5.91 Å². The van der Waals surface area contributed by atoms with Gasteiger partial charge in [0.15, 0.2) is 5.82 Å². The number of nitrogens with zero attached hydrogens (tertiary/aromatic N) is 3. The lowest BCUT2D eigenvalue weighted by atomic mass is 10.1. The molecule has 0 saturated carbocycles. The minimum Gasteiger partial charge on any atom is -0.350 e. The lowest BCUT2D eigenvalue weighted by Gasteiger charge is -2.25. The van der Waals surface area contributed by atoms with Gasteiger partial charge in [0.1, 0.15) is 5.69 Å². The molecule has 3 heterocycles. The summed E-state index contributed by atoms with van der Waals surface area (Å²) in [6.45, 7) is 2.50. The molecule has 0 atom stereocenters. The van der Waals surface area contributed by atoms with Crippen LogP contribution in [0.5, 0.6) is 0 Å². The number of piperidine rings is 1. The zero-order valence-corrected chi connectivity index (χ0v) is 11.8. The first-order valence-electron chi connectivity index (χ1n) is 7.25. The lowest BCUT2D eigenvalue weighted by Crippen LogP contribution is -2.33. The van der Waals surface area contributed by atoms with Crippen LogP contribution in [0.2, 0.25) is 0 Å². The van der Waals surface area contributed by atoms with Crippen LogP contribution in [0.1, 0.15) is 35.2 Å². The quantitative estimate of drug-likeness (QED) is 0.849. The summed E-state index contributed by atoms with van der Waals surface area (Å²) in [5.74, 6) is 0.547. The molecule has 1 aliphatic heterocycles. The van der Waals surface area contributed by atoms with Crippen molar-refractivity contribution in [3.8, 4) is 0 Å². The summed E-state index contributed by atoms with van der Waals surface area (Å²) >= 11 is 0. The maximum absolute atomic E-state index is 12.3. The maximum Gasteiger partial charge on any atom is 0.267 e. The van der Waals surface area contributed by atoms with Crippen molar-refractivity contribution in [2.45, 2.75) is 25.3 Å². The van der Waals surface area contributed by atoms with E-state index < -0.39 is 0 Å². The van der Waals surface area contributed by atoms with Gasteiger partial charge in [0.05, 0.1) is 0 Å². The van der Waals surface area contributed by atoms with Crippen LogP contribution in [0, 0.1) is 0 Å². The molecule has 0 aromatic carbocycles. The highest BCUT2D eigenvalue weighted by Crippen LogP contribution is 2.21. The summed E-state index contributed by atoms with van der Waals surface area (Å²) in [7, 11) is 0. The highest BCUT2D eigenvalue weighted by atomic mass is 16.5. The number of rotatable bonds is 5. The molecule has 7 nitrogen and oxygen atoms in total. The maximum atomic E-state index is 12.3. The van der Waals surface area contributed by atoms with Gasteiger partial charge >= 0.3 is 0 Å². The molecule has 2 aromatic rings. The third-order valence-corrected chi connectivity index (χ3v) is 3.75. The number of hydrogen-bond acceptors (Lipinski definition) is 5. The third-order valence-electron chi connectivity index (χ3n) is 3.75. The molecule has 112 valence electrons. The third kappa shape index (κ3) is 3.30. The Labute approximate surface area is 122 Å². The average Bonchev–Trinajstić information content (AvgIpc) is 3.19. The second-order valence-corrected chi connectivity index (χ2v) is 5.14. The fourth-order valence-corrected chi connectivity index (χ4v) is 2.67. The van der Waals surface area contributed by atoms with E-state index in [1.165, 1.54) is 6.39 Å². The second-order valence-electron chi connectivity index (χ2n) is 5.14. The highest BCUT2D eigenvalue weighted by Gasteiger charge is 2.19. The van der Waals surface area contributed by atoms with E-state index in [2.05, 4.69) is 29.9 Å². The molecular formula is C14H19N5O2. The zero-order chi connectivity index (χ0) is 14.5. The molecule has 1 amide bonds. The minimum absolute atomic E-state index is 0.0537. The van der Waals surface area contributed by atoms with Gasteiger partial charge < -0.3 is 19.7 Å². The standard InChI is InChI=1S/C14H19N5O2/c20-14(16-8-5-13-17-10-21-18-13)12-2-1-9-19(12)11-3-6-15-7-4-11/h1-2,9-11,15H,3-8H2,(H,16,20). The SMILES string of the molecule is O=C(NCCc1ncon1)c1cccn1C1CCNCC1. The van der Waals surface area contributed by atoms with Crippen molar-refractivity contribution in [3.05, 3.63) is 36.2 Å². The first kappa shape index (κ1) is 13.8. The molecule has 7 heteroatoms. The van der Waals surface area contributed by atoms with Crippen molar-refractivity contribution in [2.75, 3.05) is 19.6 Å². The minimum atomic E-state index is -0.0537. The predicted molar refractivity (Wildman–Crippen MR) is 75.9 cm³/mol. The Morgan fingerprint density at radius 3 is 3.10 bits per heavy atom. The summed E-state index contributed by atoms with van der Waals surface area (Å²) in [5.41, 5.74) is 0.718. The van der Waals surface area contributed by atoms with Gasteiger partial charge in [-0.1, -0.05) is 5.16 Å². The fourth-order valence-electron chi connectivity index (χ4n) is 2.67. The van der Waals surface area contributed by atoms with E-state index in [-0.39, 0.29) is 5.91 Å². The van der Waals surface area contributed by atoms with E-state index in [1.807, 2.05) is 18.3 Å². The Morgan fingerprint density at radius 2 is 2.33 bits per heavy atom. The summed E-state index contributed by atoms with van der Waals surface area (Å²) in [6, 6.07) is 4.20. The molecule has 0 unspecified atom stereocenters. The van der Waals surface area contributed by atoms with Crippen molar-refractivity contribution in [1.82, 2.24) is 25.3 Å². The largest absolute Gasteiger partial charge is 0.350 e. The number of aromatic nitrogens is 3. The van der Waals surface area contributed by atoms with Crippen LogP contribution < -0.4 is 10.6 Å². The molecule has 21 heavy (non-hydrogen) atoms. The van der Waals surface area contributed by atoms with E-state index in [0.717, 1.165) is 31.6 Å². The first-order chi connectivity index (χ1) is 10.3. The second kappa shape index (κ2) is 6.53. The molecule has 1 fully saturated rings. The fraction of sp³-hybridized carbons (Fsp3) is 0.500. The van der Waals surface area contributed by atoms with Crippen LogP contribution in [0.25, 0.3) is 0 Å². The van der Waals surface area contributed by atoms with Gasteiger partial charge in [-0.15, -0.1) is 0 Å². The van der Waals surface area contributed by atoms with Crippen LogP contribution in [-0.4, -0.2) is 40.2 Å². The number of hydrogen-bond donors (Lipinski definition) is 2. The molecule has 2 aromatic heterocycles. The zero-order valence-electron chi connectivity index (χ0n) is 11.8. The van der Waals surface area contributed by atoms with Gasteiger partial charge in [0.2, 0.25) is 6.39 Å². The average molecular weight is 289 g/mol. The topological polar surface area (TPSA) is 85.0 Å². The van der Waals surface area contributed by atoms with Gasteiger partial charge in [-0.25, -0.2) is 0 Å². The van der Waals surface area contributed by atoms with Crippen LogP contribution in [0.4, 0.5) is 0 Å².